The van der Waals surface area contributed by atoms with Gasteiger partial charge in [-0.05, 0) is 50.4 Å². The molecule has 0 aromatic carbocycles. The van der Waals surface area contributed by atoms with Gasteiger partial charge in [0, 0.05) is 17.0 Å². The van der Waals surface area contributed by atoms with Crippen molar-refractivity contribution in [2.75, 3.05) is 0 Å². The van der Waals surface area contributed by atoms with E-state index in [1.54, 1.807) is 11.3 Å². The number of thiophene rings is 1. The predicted octanol–water partition coefficient (Wildman–Crippen LogP) is 4.17. The van der Waals surface area contributed by atoms with Gasteiger partial charge in [-0.3, -0.25) is 0 Å². The van der Waals surface area contributed by atoms with Crippen molar-refractivity contribution in [2.24, 2.45) is 0 Å². The van der Waals surface area contributed by atoms with Crippen molar-refractivity contribution in [3.05, 3.63) is 22.4 Å². The Morgan fingerprint density at radius 3 is 2.74 bits per heavy atom. The molecule has 1 aromatic heterocycles. The largest absolute Gasteiger partial charge is 0.360 e. The van der Waals surface area contributed by atoms with Crippen LogP contribution in [0.4, 0.5) is 0 Å². The van der Waals surface area contributed by atoms with Crippen LogP contribution in [0.1, 0.15) is 50.8 Å². The molecule has 106 valence electrons. The molecule has 1 aromatic rings. The molecule has 0 spiro atoms. The Labute approximate surface area is 126 Å². The molecule has 1 fully saturated rings. The zero-order chi connectivity index (χ0) is 13.7. The highest BCUT2D eigenvalue weighted by molar-refractivity contribution is 7.80. The minimum absolute atomic E-state index is 0.436. The number of nitrogens with one attached hydrogen (secondary N) is 1. The fourth-order valence-corrected chi connectivity index (χ4v) is 3.71. The van der Waals surface area contributed by atoms with E-state index >= 15 is 0 Å². The van der Waals surface area contributed by atoms with Gasteiger partial charge in [-0.1, -0.05) is 25.3 Å². The molecular formula is C15H24N2S2. The molecule has 0 radical (unpaired) electrons. The molecule has 0 atom stereocenters. The second-order valence-electron chi connectivity index (χ2n) is 5.59. The molecule has 2 rings (SSSR count). The molecule has 0 amide bonds. The first-order chi connectivity index (χ1) is 9.16. The zero-order valence-electron chi connectivity index (χ0n) is 11.9. The Kier molecular flexibility index (Phi) is 5.64. The minimum atomic E-state index is 0.436. The first kappa shape index (κ1) is 14.8. The zero-order valence-corrected chi connectivity index (χ0v) is 13.5. The second kappa shape index (κ2) is 7.25. The van der Waals surface area contributed by atoms with E-state index in [0.29, 0.717) is 12.1 Å². The van der Waals surface area contributed by atoms with Crippen molar-refractivity contribution in [3.63, 3.8) is 0 Å². The lowest BCUT2D eigenvalue weighted by Crippen LogP contribution is -2.47. The van der Waals surface area contributed by atoms with Gasteiger partial charge >= 0.3 is 0 Å². The van der Waals surface area contributed by atoms with Gasteiger partial charge in [0.2, 0.25) is 0 Å². The predicted molar refractivity (Wildman–Crippen MR) is 87.6 cm³/mol. The lowest BCUT2D eigenvalue weighted by molar-refractivity contribution is 0.324. The van der Waals surface area contributed by atoms with Crippen molar-refractivity contribution < 1.29 is 0 Å². The summed E-state index contributed by atoms with van der Waals surface area (Å²) in [6, 6.07) is 5.32. The van der Waals surface area contributed by atoms with Crippen LogP contribution in [0.2, 0.25) is 0 Å². The van der Waals surface area contributed by atoms with E-state index < -0.39 is 0 Å². The Morgan fingerprint density at radius 2 is 2.16 bits per heavy atom. The second-order valence-corrected chi connectivity index (χ2v) is 7.00. The Balaban J connectivity index is 1.92. The van der Waals surface area contributed by atoms with Gasteiger partial charge in [-0.25, -0.2) is 0 Å². The highest BCUT2D eigenvalue weighted by Crippen LogP contribution is 2.19. The van der Waals surface area contributed by atoms with E-state index in [-0.39, 0.29) is 0 Å². The maximum absolute atomic E-state index is 5.63. The molecular weight excluding hydrogens is 272 g/mol. The monoisotopic (exact) mass is 296 g/mol. The molecule has 0 aliphatic heterocycles. The third-order valence-electron chi connectivity index (χ3n) is 3.72. The van der Waals surface area contributed by atoms with Crippen LogP contribution in [-0.2, 0) is 6.54 Å². The average molecular weight is 297 g/mol. The molecule has 1 aliphatic rings. The molecule has 1 aliphatic carbocycles. The van der Waals surface area contributed by atoms with Crippen LogP contribution in [0, 0.1) is 0 Å². The van der Waals surface area contributed by atoms with Gasteiger partial charge in [0.25, 0.3) is 0 Å². The first-order valence-electron chi connectivity index (χ1n) is 7.26. The molecule has 0 saturated heterocycles. The van der Waals surface area contributed by atoms with Crippen LogP contribution in [0.5, 0.6) is 0 Å². The maximum atomic E-state index is 5.63. The molecule has 0 bridgehead atoms. The average Bonchev–Trinajstić information content (AvgIpc) is 2.89. The summed E-state index contributed by atoms with van der Waals surface area (Å²) in [7, 11) is 0. The summed E-state index contributed by atoms with van der Waals surface area (Å²) >= 11 is 7.43. The third-order valence-corrected chi connectivity index (χ3v) is 4.94. The fraction of sp³-hybridized carbons (Fsp3) is 0.667. The Hall–Kier alpha value is -0.610. The summed E-state index contributed by atoms with van der Waals surface area (Å²) in [6.45, 7) is 5.35. The summed E-state index contributed by atoms with van der Waals surface area (Å²) < 4.78 is 0. The van der Waals surface area contributed by atoms with E-state index in [1.807, 2.05) is 0 Å². The lowest BCUT2D eigenvalue weighted by atomic mass is 9.96. The highest BCUT2D eigenvalue weighted by Gasteiger charge is 2.19. The number of rotatable bonds is 4. The summed E-state index contributed by atoms with van der Waals surface area (Å²) in [5.74, 6) is 0. The van der Waals surface area contributed by atoms with Gasteiger partial charge < -0.3 is 10.2 Å². The summed E-state index contributed by atoms with van der Waals surface area (Å²) in [5.41, 5.74) is 0. The van der Waals surface area contributed by atoms with E-state index in [0.717, 1.165) is 11.7 Å². The molecule has 19 heavy (non-hydrogen) atoms. The van der Waals surface area contributed by atoms with E-state index in [1.165, 1.54) is 37.0 Å². The van der Waals surface area contributed by atoms with Gasteiger partial charge in [0.1, 0.15) is 0 Å². The van der Waals surface area contributed by atoms with Crippen LogP contribution in [-0.4, -0.2) is 22.1 Å². The fourth-order valence-electron chi connectivity index (χ4n) is 2.56. The van der Waals surface area contributed by atoms with E-state index in [4.69, 9.17) is 12.2 Å². The van der Waals surface area contributed by atoms with Crippen LogP contribution in [0.3, 0.4) is 0 Å². The van der Waals surface area contributed by atoms with Gasteiger partial charge in [-0.2, -0.15) is 0 Å². The number of thiocarbonyl (C=S) groups is 1. The summed E-state index contributed by atoms with van der Waals surface area (Å²) in [6.07, 6.45) is 6.60. The lowest BCUT2D eigenvalue weighted by Gasteiger charge is -2.33. The quantitative estimate of drug-likeness (QED) is 0.840. The van der Waals surface area contributed by atoms with Crippen molar-refractivity contribution >= 4 is 28.7 Å². The van der Waals surface area contributed by atoms with E-state index in [9.17, 15) is 0 Å². The van der Waals surface area contributed by atoms with Gasteiger partial charge in [0.05, 0.1) is 6.54 Å². The summed E-state index contributed by atoms with van der Waals surface area (Å²) in [4.78, 5) is 3.68. The maximum Gasteiger partial charge on any atom is 0.169 e. The van der Waals surface area contributed by atoms with Gasteiger partial charge in [-0.15, -0.1) is 11.3 Å². The smallest absolute Gasteiger partial charge is 0.169 e. The first-order valence-corrected chi connectivity index (χ1v) is 8.55. The normalized spacial score (nSPS) is 16.6. The molecule has 1 heterocycles. The topological polar surface area (TPSA) is 15.3 Å². The minimum Gasteiger partial charge on any atom is -0.360 e. The van der Waals surface area contributed by atoms with Crippen molar-refractivity contribution in [3.8, 4) is 0 Å². The molecule has 1 saturated carbocycles. The van der Waals surface area contributed by atoms with Crippen molar-refractivity contribution in [2.45, 2.75) is 64.6 Å². The van der Waals surface area contributed by atoms with Crippen molar-refractivity contribution in [1.29, 1.82) is 0 Å². The molecule has 2 nitrogen and oxygen atoms in total. The number of hydrogen-bond acceptors (Lipinski definition) is 2. The molecule has 4 heteroatoms. The molecule has 1 N–H and O–H groups in total. The summed E-state index contributed by atoms with van der Waals surface area (Å²) in [5, 5.41) is 6.63. The van der Waals surface area contributed by atoms with Crippen molar-refractivity contribution in [1.82, 2.24) is 10.2 Å². The Morgan fingerprint density at radius 1 is 1.42 bits per heavy atom. The number of hydrogen-bond donors (Lipinski definition) is 1. The van der Waals surface area contributed by atoms with Crippen LogP contribution in [0.25, 0.3) is 0 Å². The highest BCUT2D eigenvalue weighted by atomic mass is 32.1. The van der Waals surface area contributed by atoms with Gasteiger partial charge in [0.15, 0.2) is 5.11 Å². The Bertz CT molecular complexity index is 381. The number of nitrogens with zero attached hydrogens (tertiary/aromatic N) is 1. The van der Waals surface area contributed by atoms with Crippen LogP contribution >= 0.6 is 23.6 Å². The van der Waals surface area contributed by atoms with Crippen LogP contribution < -0.4 is 5.32 Å². The SMILES string of the molecule is CC(C)N(Cc1cccs1)C(=S)NC1CCCCC1. The van der Waals surface area contributed by atoms with Crippen LogP contribution in [0.15, 0.2) is 17.5 Å². The standard InChI is InChI=1S/C15H24N2S2/c1-12(2)17(11-14-9-6-10-19-14)15(18)16-13-7-4-3-5-8-13/h6,9-10,12-13H,3-5,7-8,11H2,1-2H3,(H,16,18). The third kappa shape index (κ3) is 4.46. The van der Waals surface area contributed by atoms with E-state index in [2.05, 4.69) is 41.6 Å². The molecule has 0 unspecified atom stereocenters.